The highest BCUT2D eigenvalue weighted by molar-refractivity contribution is 5.80. The van der Waals surface area contributed by atoms with Gasteiger partial charge in [0.1, 0.15) is 0 Å². The van der Waals surface area contributed by atoms with Gasteiger partial charge < -0.3 is 15.4 Å². The van der Waals surface area contributed by atoms with Gasteiger partial charge in [-0.1, -0.05) is 0 Å². The molecular weight excluding hydrogens is 192 g/mol. The van der Waals surface area contributed by atoms with Crippen molar-refractivity contribution in [1.82, 2.24) is 10.6 Å². The van der Waals surface area contributed by atoms with Crippen LogP contribution in [0.4, 0.5) is 0 Å². The van der Waals surface area contributed by atoms with Crippen molar-refractivity contribution in [1.29, 1.82) is 0 Å². The minimum absolute atomic E-state index is 0.229. The maximum absolute atomic E-state index is 11.3. The van der Waals surface area contributed by atoms with E-state index in [4.69, 9.17) is 4.74 Å². The fraction of sp³-hybridized carbons (Fsp3) is 0.909. The van der Waals surface area contributed by atoms with Crippen LogP contribution in [0.3, 0.4) is 0 Å². The zero-order valence-corrected chi connectivity index (χ0v) is 9.29. The minimum Gasteiger partial charge on any atom is -0.377 e. The van der Waals surface area contributed by atoms with Crippen molar-refractivity contribution in [3.8, 4) is 0 Å². The fourth-order valence-corrected chi connectivity index (χ4v) is 1.93. The third kappa shape index (κ3) is 3.18. The van der Waals surface area contributed by atoms with Gasteiger partial charge in [-0.3, -0.25) is 4.79 Å². The van der Waals surface area contributed by atoms with Crippen LogP contribution in [0, 0.1) is 5.92 Å². The molecule has 1 saturated carbocycles. The summed E-state index contributed by atoms with van der Waals surface area (Å²) in [6.07, 6.45) is 3.54. The first-order valence-corrected chi connectivity index (χ1v) is 5.90. The average Bonchev–Trinajstić information content (AvgIpc) is 2.99. The molecule has 15 heavy (non-hydrogen) atoms. The molecule has 1 saturated heterocycles. The van der Waals surface area contributed by atoms with E-state index in [0.29, 0.717) is 18.1 Å². The Morgan fingerprint density at radius 3 is 2.73 bits per heavy atom. The van der Waals surface area contributed by atoms with E-state index < -0.39 is 0 Å². The summed E-state index contributed by atoms with van der Waals surface area (Å²) in [6.45, 7) is 4.52. The van der Waals surface area contributed by atoms with E-state index in [-0.39, 0.29) is 5.91 Å². The molecule has 2 fully saturated rings. The minimum atomic E-state index is 0.229. The lowest BCUT2D eigenvalue weighted by Gasteiger charge is -2.15. The molecule has 1 amide bonds. The predicted molar refractivity (Wildman–Crippen MR) is 57.6 cm³/mol. The number of carbonyl (C=O) groups excluding carboxylic acids is 1. The largest absolute Gasteiger partial charge is 0.377 e. The molecule has 4 nitrogen and oxygen atoms in total. The van der Waals surface area contributed by atoms with Crippen LogP contribution < -0.4 is 10.6 Å². The number of nitrogens with one attached hydrogen (secondary N) is 2. The molecule has 2 rings (SSSR count). The molecule has 2 N–H and O–H groups in total. The van der Waals surface area contributed by atoms with Gasteiger partial charge in [0.25, 0.3) is 0 Å². The Balaban J connectivity index is 1.52. The topological polar surface area (TPSA) is 50.4 Å². The molecule has 1 aliphatic carbocycles. The number of carbonyl (C=O) groups is 1. The summed E-state index contributed by atoms with van der Waals surface area (Å²) in [4.78, 5) is 11.3. The van der Waals surface area contributed by atoms with Crippen molar-refractivity contribution in [2.24, 2.45) is 5.92 Å². The molecular formula is C11H20N2O2. The molecule has 2 atom stereocenters. The lowest BCUT2D eigenvalue weighted by molar-refractivity contribution is -0.122. The number of amides is 1. The van der Waals surface area contributed by atoms with E-state index in [1.807, 2.05) is 0 Å². The number of hydrogen-bond acceptors (Lipinski definition) is 3. The van der Waals surface area contributed by atoms with E-state index >= 15 is 0 Å². The highest BCUT2D eigenvalue weighted by atomic mass is 16.5. The zero-order chi connectivity index (χ0) is 10.7. The van der Waals surface area contributed by atoms with E-state index in [9.17, 15) is 4.79 Å². The van der Waals surface area contributed by atoms with E-state index in [1.54, 1.807) is 0 Å². The summed E-state index contributed by atoms with van der Waals surface area (Å²) >= 11 is 0. The quantitative estimate of drug-likeness (QED) is 0.644. The summed E-state index contributed by atoms with van der Waals surface area (Å²) in [6, 6.07) is 0.461. The Morgan fingerprint density at radius 2 is 2.13 bits per heavy atom. The van der Waals surface area contributed by atoms with Gasteiger partial charge in [-0.25, -0.2) is 0 Å². The molecule has 4 heteroatoms. The van der Waals surface area contributed by atoms with Crippen LogP contribution >= 0.6 is 0 Å². The summed E-state index contributed by atoms with van der Waals surface area (Å²) in [5.41, 5.74) is 0. The van der Waals surface area contributed by atoms with Crippen LogP contribution in [-0.2, 0) is 9.53 Å². The smallest absolute Gasteiger partial charge is 0.223 e. The number of ether oxygens (including phenoxy) is 1. The molecule has 0 spiro atoms. The Hall–Kier alpha value is -0.610. The third-order valence-corrected chi connectivity index (χ3v) is 3.16. The second kappa shape index (κ2) is 4.94. The maximum atomic E-state index is 11.3. The molecule has 0 bridgehead atoms. The van der Waals surface area contributed by atoms with E-state index in [0.717, 1.165) is 39.0 Å². The Labute approximate surface area is 90.8 Å². The molecule has 0 aromatic heterocycles. The summed E-state index contributed by atoms with van der Waals surface area (Å²) in [7, 11) is 0. The zero-order valence-electron chi connectivity index (χ0n) is 9.29. The van der Waals surface area contributed by atoms with Gasteiger partial charge in [-0.15, -0.1) is 0 Å². The molecule has 2 aliphatic rings. The number of rotatable bonds is 5. The van der Waals surface area contributed by atoms with Crippen molar-refractivity contribution in [2.75, 3.05) is 19.7 Å². The van der Waals surface area contributed by atoms with Crippen molar-refractivity contribution < 1.29 is 9.53 Å². The summed E-state index contributed by atoms with van der Waals surface area (Å²) < 4.78 is 5.44. The second-order valence-electron chi connectivity index (χ2n) is 4.49. The van der Waals surface area contributed by atoms with E-state index in [1.165, 1.54) is 0 Å². The van der Waals surface area contributed by atoms with Crippen LogP contribution in [0.25, 0.3) is 0 Å². The maximum Gasteiger partial charge on any atom is 0.223 e. The van der Waals surface area contributed by atoms with Gasteiger partial charge in [-0.2, -0.15) is 0 Å². The van der Waals surface area contributed by atoms with E-state index in [2.05, 4.69) is 17.6 Å². The van der Waals surface area contributed by atoms with Crippen molar-refractivity contribution in [2.45, 2.75) is 38.3 Å². The second-order valence-corrected chi connectivity index (χ2v) is 4.49. The Bertz CT molecular complexity index is 229. The lowest BCUT2D eigenvalue weighted by atomic mass is 10.1. The molecule has 1 aliphatic heterocycles. The van der Waals surface area contributed by atoms with Crippen LogP contribution in [0.2, 0.25) is 0 Å². The molecule has 0 unspecified atom stereocenters. The first-order valence-electron chi connectivity index (χ1n) is 5.90. The van der Waals surface area contributed by atoms with Gasteiger partial charge in [0.05, 0.1) is 6.10 Å². The molecule has 0 aromatic rings. The predicted octanol–water partition coefficient (Wildman–Crippen LogP) is 0.280. The summed E-state index contributed by atoms with van der Waals surface area (Å²) in [5, 5.41) is 6.35. The standard InChI is InChI=1S/C11H20N2O2/c1-8-10(4-7-15-8)12-5-6-13-11(14)9-2-3-9/h8-10,12H,2-7H2,1H3,(H,13,14)/t8-,10+/m0/s1. The van der Waals surface area contributed by atoms with Crippen LogP contribution in [0.1, 0.15) is 26.2 Å². The molecule has 86 valence electrons. The van der Waals surface area contributed by atoms with Crippen LogP contribution in [0.5, 0.6) is 0 Å². The molecule has 1 heterocycles. The molecule has 0 aromatic carbocycles. The Morgan fingerprint density at radius 1 is 1.33 bits per heavy atom. The van der Waals surface area contributed by atoms with Gasteiger partial charge in [0.2, 0.25) is 5.91 Å². The van der Waals surface area contributed by atoms with Crippen molar-refractivity contribution >= 4 is 5.91 Å². The van der Waals surface area contributed by atoms with Gasteiger partial charge in [-0.05, 0) is 26.2 Å². The van der Waals surface area contributed by atoms with Gasteiger partial charge in [0.15, 0.2) is 0 Å². The lowest BCUT2D eigenvalue weighted by Crippen LogP contribution is -2.40. The highest BCUT2D eigenvalue weighted by Crippen LogP contribution is 2.28. The first-order chi connectivity index (χ1) is 7.27. The third-order valence-electron chi connectivity index (χ3n) is 3.16. The fourth-order valence-electron chi connectivity index (χ4n) is 1.93. The van der Waals surface area contributed by atoms with Gasteiger partial charge >= 0.3 is 0 Å². The Kier molecular flexibility index (Phi) is 3.59. The first kappa shape index (κ1) is 10.9. The van der Waals surface area contributed by atoms with Crippen LogP contribution in [0.15, 0.2) is 0 Å². The van der Waals surface area contributed by atoms with Crippen molar-refractivity contribution in [3.05, 3.63) is 0 Å². The SMILES string of the molecule is C[C@@H]1OCC[C@H]1NCCNC(=O)C1CC1. The summed E-state index contributed by atoms with van der Waals surface area (Å²) in [5.74, 6) is 0.547. The molecule has 0 radical (unpaired) electrons. The van der Waals surface area contributed by atoms with Crippen LogP contribution in [-0.4, -0.2) is 37.7 Å². The highest BCUT2D eigenvalue weighted by Gasteiger charge is 2.29. The van der Waals surface area contributed by atoms with Crippen molar-refractivity contribution in [3.63, 3.8) is 0 Å². The number of hydrogen-bond donors (Lipinski definition) is 2. The normalized spacial score (nSPS) is 30.5. The van der Waals surface area contributed by atoms with Gasteiger partial charge in [0, 0.05) is 31.7 Å². The average molecular weight is 212 g/mol. The monoisotopic (exact) mass is 212 g/mol.